The molecule has 0 saturated carbocycles. The third-order valence-corrected chi connectivity index (χ3v) is 3.63. The van der Waals surface area contributed by atoms with Gasteiger partial charge in [-0.1, -0.05) is 54.6 Å². The molecule has 0 heterocycles. The average Bonchev–Trinajstić information content (AvgIpc) is 2.64. The molecule has 0 fully saturated rings. The summed E-state index contributed by atoms with van der Waals surface area (Å²) in [6.07, 6.45) is 3.00. The molecule has 25 heavy (non-hydrogen) atoms. The van der Waals surface area contributed by atoms with E-state index in [4.69, 9.17) is 0 Å². The minimum absolute atomic E-state index is 0.202. The zero-order valence-corrected chi connectivity index (χ0v) is 13.2. The van der Waals surface area contributed by atoms with E-state index in [9.17, 15) is 13.6 Å². The molecule has 0 unspecified atom stereocenters. The fourth-order valence-electron chi connectivity index (χ4n) is 2.35. The van der Waals surface area contributed by atoms with Gasteiger partial charge in [0.1, 0.15) is 0 Å². The Balaban J connectivity index is 1.65. The van der Waals surface area contributed by atoms with Crippen LogP contribution in [0.5, 0.6) is 0 Å². The van der Waals surface area contributed by atoms with Crippen molar-refractivity contribution in [2.45, 2.75) is 0 Å². The number of rotatable bonds is 4. The van der Waals surface area contributed by atoms with Gasteiger partial charge in [-0.05, 0) is 34.9 Å². The van der Waals surface area contributed by atoms with E-state index in [2.05, 4.69) is 5.32 Å². The number of hydrogen-bond acceptors (Lipinski definition) is 1. The molecule has 0 aliphatic heterocycles. The van der Waals surface area contributed by atoms with Crippen LogP contribution in [0.1, 0.15) is 5.56 Å². The third-order valence-electron chi connectivity index (χ3n) is 3.63. The van der Waals surface area contributed by atoms with Gasteiger partial charge in [-0.3, -0.25) is 4.79 Å². The van der Waals surface area contributed by atoms with Gasteiger partial charge < -0.3 is 5.32 Å². The third kappa shape index (κ3) is 4.38. The van der Waals surface area contributed by atoms with E-state index in [0.717, 1.165) is 28.8 Å². The summed E-state index contributed by atoms with van der Waals surface area (Å²) in [5, 5.41) is 2.49. The average molecular weight is 335 g/mol. The van der Waals surface area contributed by atoms with Crippen molar-refractivity contribution >= 4 is 17.7 Å². The molecular formula is C21H15F2NO. The van der Waals surface area contributed by atoms with Crippen LogP contribution < -0.4 is 5.32 Å². The minimum atomic E-state index is -1.00. The molecule has 0 saturated heterocycles. The normalized spacial score (nSPS) is 10.8. The molecule has 4 heteroatoms. The van der Waals surface area contributed by atoms with Crippen molar-refractivity contribution in [2.24, 2.45) is 0 Å². The highest BCUT2D eigenvalue weighted by atomic mass is 19.2. The van der Waals surface area contributed by atoms with Crippen molar-refractivity contribution in [3.05, 3.63) is 96.1 Å². The monoisotopic (exact) mass is 335 g/mol. The first-order valence-corrected chi connectivity index (χ1v) is 7.71. The van der Waals surface area contributed by atoms with E-state index in [0.29, 0.717) is 0 Å². The lowest BCUT2D eigenvalue weighted by Gasteiger charge is -2.03. The van der Waals surface area contributed by atoms with Gasteiger partial charge in [0.05, 0.1) is 0 Å². The maximum atomic E-state index is 13.1. The number of amides is 1. The first kappa shape index (κ1) is 16.6. The van der Waals surface area contributed by atoms with Crippen LogP contribution in [0.2, 0.25) is 0 Å². The molecule has 0 atom stereocenters. The van der Waals surface area contributed by atoms with E-state index in [1.807, 2.05) is 54.6 Å². The van der Waals surface area contributed by atoms with Crippen LogP contribution in [-0.2, 0) is 4.79 Å². The van der Waals surface area contributed by atoms with E-state index < -0.39 is 17.5 Å². The quantitative estimate of drug-likeness (QED) is 0.645. The molecule has 1 amide bonds. The molecule has 0 aliphatic carbocycles. The molecule has 0 spiro atoms. The summed E-state index contributed by atoms with van der Waals surface area (Å²) in [5.74, 6) is -2.37. The van der Waals surface area contributed by atoms with Crippen LogP contribution in [0.4, 0.5) is 14.5 Å². The molecule has 1 N–H and O–H groups in total. The van der Waals surface area contributed by atoms with Crippen molar-refractivity contribution in [1.29, 1.82) is 0 Å². The van der Waals surface area contributed by atoms with Crippen LogP contribution in [0.3, 0.4) is 0 Å². The number of halogens is 2. The van der Waals surface area contributed by atoms with Gasteiger partial charge in [0.15, 0.2) is 11.6 Å². The lowest BCUT2D eigenvalue weighted by molar-refractivity contribution is -0.111. The molecule has 0 radical (unpaired) electrons. The van der Waals surface area contributed by atoms with Gasteiger partial charge in [-0.15, -0.1) is 0 Å². The summed E-state index contributed by atoms with van der Waals surface area (Å²) in [6, 6.07) is 21.0. The molecular weight excluding hydrogens is 320 g/mol. The van der Waals surface area contributed by atoms with Crippen LogP contribution in [0.15, 0.2) is 78.9 Å². The highest BCUT2D eigenvalue weighted by Crippen LogP contribution is 2.19. The van der Waals surface area contributed by atoms with E-state index in [-0.39, 0.29) is 5.69 Å². The highest BCUT2D eigenvalue weighted by molar-refractivity contribution is 6.01. The number of benzene rings is 3. The topological polar surface area (TPSA) is 29.1 Å². The largest absolute Gasteiger partial charge is 0.322 e. The van der Waals surface area contributed by atoms with Gasteiger partial charge in [0, 0.05) is 17.8 Å². The van der Waals surface area contributed by atoms with E-state index in [1.54, 1.807) is 6.08 Å². The first-order chi connectivity index (χ1) is 12.1. The van der Waals surface area contributed by atoms with Crippen LogP contribution in [0, 0.1) is 11.6 Å². The molecule has 3 rings (SSSR count). The number of hydrogen-bond donors (Lipinski definition) is 1. The smallest absolute Gasteiger partial charge is 0.248 e. The van der Waals surface area contributed by atoms with Crippen molar-refractivity contribution in [1.82, 2.24) is 0 Å². The molecule has 3 aromatic carbocycles. The van der Waals surface area contributed by atoms with Gasteiger partial charge in [0.25, 0.3) is 0 Å². The van der Waals surface area contributed by atoms with Gasteiger partial charge in [0.2, 0.25) is 5.91 Å². The summed E-state index contributed by atoms with van der Waals surface area (Å²) in [4.78, 5) is 11.9. The zero-order valence-electron chi connectivity index (χ0n) is 13.2. The van der Waals surface area contributed by atoms with Crippen molar-refractivity contribution in [3.63, 3.8) is 0 Å². The summed E-state index contributed by atoms with van der Waals surface area (Å²) in [5.41, 5.74) is 3.27. The van der Waals surface area contributed by atoms with Gasteiger partial charge >= 0.3 is 0 Å². The molecule has 0 bridgehead atoms. The predicted molar refractivity (Wildman–Crippen MR) is 95.9 cm³/mol. The Bertz CT molecular complexity index is 903. The number of anilines is 1. The summed E-state index contributed by atoms with van der Waals surface area (Å²) >= 11 is 0. The number of nitrogens with one attached hydrogen (secondary N) is 1. The number of carbonyl (C=O) groups excluding carboxylic acids is 1. The highest BCUT2D eigenvalue weighted by Gasteiger charge is 2.04. The number of carbonyl (C=O) groups is 1. The standard InChI is InChI=1S/C21H15F2NO/c22-19-12-11-18(14-20(19)23)24-21(25)13-8-15-6-9-17(10-7-15)16-4-2-1-3-5-16/h1-14H,(H,24,25)/b13-8+. The lowest BCUT2D eigenvalue weighted by atomic mass is 10.0. The van der Waals surface area contributed by atoms with Crippen molar-refractivity contribution in [3.8, 4) is 11.1 Å². The summed E-state index contributed by atoms with van der Waals surface area (Å²) in [7, 11) is 0. The summed E-state index contributed by atoms with van der Waals surface area (Å²) < 4.78 is 26.0. The van der Waals surface area contributed by atoms with Gasteiger partial charge in [-0.25, -0.2) is 8.78 Å². The second-order valence-electron chi connectivity index (χ2n) is 5.44. The van der Waals surface area contributed by atoms with E-state index in [1.165, 1.54) is 12.1 Å². The maximum Gasteiger partial charge on any atom is 0.248 e. The molecule has 0 aromatic heterocycles. The van der Waals surface area contributed by atoms with Crippen LogP contribution in [0.25, 0.3) is 17.2 Å². The Labute approximate surface area is 144 Å². The second kappa shape index (κ2) is 7.53. The second-order valence-corrected chi connectivity index (χ2v) is 5.44. The fourth-order valence-corrected chi connectivity index (χ4v) is 2.35. The Hall–Kier alpha value is -3.27. The SMILES string of the molecule is O=C(/C=C/c1ccc(-c2ccccc2)cc1)Nc1ccc(F)c(F)c1. The minimum Gasteiger partial charge on any atom is -0.322 e. The lowest BCUT2D eigenvalue weighted by Crippen LogP contribution is -2.08. The summed E-state index contributed by atoms with van der Waals surface area (Å²) in [6.45, 7) is 0. The Morgan fingerprint density at radius 2 is 1.48 bits per heavy atom. The maximum absolute atomic E-state index is 13.1. The van der Waals surface area contributed by atoms with Crippen LogP contribution in [-0.4, -0.2) is 5.91 Å². The predicted octanol–water partition coefficient (Wildman–Crippen LogP) is 5.28. The molecule has 0 aliphatic rings. The Kier molecular flexibility index (Phi) is 5.00. The molecule has 124 valence electrons. The van der Waals surface area contributed by atoms with E-state index >= 15 is 0 Å². The molecule has 3 aromatic rings. The van der Waals surface area contributed by atoms with Crippen molar-refractivity contribution < 1.29 is 13.6 Å². The first-order valence-electron chi connectivity index (χ1n) is 7.71. The molecule has 2 nitrogen and oxygen atoms in total. The van der Waals surface area contributed by atoms with Crippen molar-refractivity contribution in [2.75, 3.05) is 5.32 Å². The van der Waals surface area contributed by atoms with Gasteiger partial charge in [-0.2, -0.15) is 0 Å². The fraction of sp³-hybridized carbons (Fsp3) is 0. The Morgan fingerprint density at radius 1 is 0.800 bits per heavy atom. The zero-order chi connectivity index (χ0) is 17.6. The Morgan fingerprint density at radius 3 is 2.16 bits per heavy atom. The van der Waals surface area contributed by atoms with Crippen LogP contribution >= 0.6 is 0 Å².